The summed E-state index contributed by atoms with van der Waals surface area (Å²) in [6, 6.07) is 2.72. The van der Waals surface area contributed by atoms with Crippen molar-refractivity contribution >= 4 is 5.69 Å². The predicted octanol–water partition coefficient (Wildman–Crippen LogP) is 2.01. The van der Waals surface area contributed by atoms with E-state index in [1.807, 2.05) is 0 Å². The first-order valence-electron chi connectivity index (χ1n) is 2.83. The lowest BCUT2D eigenvalue weighted by atomic mass is 10.4. The molecular weight excluding hydrogens is 157 g/mol. The van der Waals surface area contributed by atoms with Crippen LogP contribution >= 0.6 is 0 Å². The summed E-state index contributed by atoms with van der Waals surface area (Å²) < 4.78 is 34.8. The third-order valence-corrected chi connectivity index (χ3v) is 0.948. The van der Waals surface area contributed by atoms with E-state index in [-0.39, 0.29) is 5.69 Å². The van der Waals surface area contributed by atoms with Crippen LogP contribution in [-0.2, 0) is 0 Å². The second kappa shape index (κ2) is 2.77. The standard InChI is InChI=1S/C6H5F3N2/c7-6(8,9)11-5-2-1-3-10-4-5/h1-4,11H. The van der Waals surface area contributed by atoms with Crippen LogP contribution in [0, 0.1) is 0 Å². The Kier molecular flexibility index (Phi) is 1.98. The number of hydrogen-bond donors (Lipinski definition) is 1. The lowest BCUT2D eigenvalue weighted by Gasteiger charge is -2.07. The molecule has 1 aromatic heterocycles. The minimum atomic E-state index is -4.39. The molecule has 0 spiro atoms. The van der Waals surface area contributed by atoms with Gasteiger partial charge in [-0.3, -0.25) is 10.3 Å². The third kappa shape index (κ3) is 2.88. The average molecular weight is 162 g/mol. The van der Waals surface area contributed by atoms with E-state index in [1.165, 1.54) is 23.6 Å². The van der Waals surface area contributed by atoms with Gasteiger partial charge in [0.2, 0.25) is 0 Å². The Hall–Kier alpha value is -1.26. The van der Waals surface area contributed by atoms with Gasteiger partial charge in [0.25, 0.3) is 0 Å². The first-order valence-corrected chi connectivity index (χ1v) is 2.83. The third-order valence-electron chi connectivity index (χ3n) is 0.948. The minimum Gasteiger partial charge on any atom is -0.296 e. The minimum absolute atomic E-state index is 0.0556. The molecule has 0 amide bonds. The molecule has 2 nitrogen and oxygen atoms in total. The highest BCUT2D eigenvalue weighted by Crippen LogP contribution is 2.17. The smallest absolute Gasteiger partial charge is 0.296 e. The van der Waals surface area contributed by atoms with E-state index in [4.69, 9.17) is 0 Å². The molecule has 0 saturated heterocycles. The van der Waals surface area contributed by atoms with E-state index >= 15 is 0 Å². The molecule has 0 aliphatic rings. The fourth-order valence-electron chi connectivity index (χ4n) is 0.600. The quantitative estimate of drug-likeness (QED) is 0.639. The van der Waals surface area contributed by atoms with Crippen LogP contribution < -0.4 is 5.32 Å². The number of anilines is 1. The first-order chi connectivity index (χ1) is 5.08. The van der Waals surface area contributed by atoms with E-state index in [9.17, 15) is 13.2 Å². The molecule has 0 aliphatic carbocycles. The molecule has 1 heterocycles. The Morgan fingerprint density at radius 2 is 2.09 bits per heavy atom. The number of halogens is 3. The van der Waals surface area contributed by atoms with Crippen LogP contribution in [0.2, 0.25) is 0 Å². The van der Waals surface area contributed by atoms with Crippen LogP contribution in [0.1, 0.15) is 0 Å². The number of alkyl halides is 3. The molecule has 0 radical (unpaired) electrons. The van der Waals surface area contributed by atoms with E-state index in [0.29, 0.717) is 0 Å². The Bertz CT molecular complexity index is 219. The van der Waals surface area contributed by atoms with E-state index in [1.54, 1.807) is 0 Å². The zero-order valence-corrected chi connectivity index (χ0v) is 5.39. The van der Waals surface area contributed by atoms with E-state index in [2.05, 4.69) is 4.98 Å². The van der Waals surface area contributed by atoms with E-state index < -0.39 is 6.30 Å². The van der Waals surface area contributed by atoms with Crippen LogP contribution in [0.4, 0.5) is 18.9 Å². The monoisotopic (exact) mass is 162 g/mol. The Balaban J connectivity index is 2.66. The maximum absolute atomic E-state index is 11.6. The van der Waals surface area contributed by atoms with Crippen LogP contribution in [-0.4, -0.2) is 11.3 Å². The van der Waals surface area contributed by atoms with Crippen molar-refractivity contribution in [2.75, 3.05) is 5.32 Å². The number of pyridine rings is 1. The average Bonchev–Trinajstić information content (AvgIpc) is 1.85. The van der Waals surface area contributed by atoms with Gasteiger partial charge in [-0.2, -0.15) is 13.2 Å². The zero-order valence-electron chi connectivity index (χ0n) is 5.39. The maximum Gasteiger partial charge on any atom is 0.482 e. The molecular formula is C6H5F3N2. The molecule has 0 bridgehead atoms. The molecule has 11 heavy (non-hydrogen) atoms. The second-order valence-electron chi connectivity index (χ2n) is 1.86. The van der Waals surface area contributed by atoms with Crippen LogP contribution in [0.5, 0.6) is 0 Å². The number of aromatic nitrogens is 1. The predicted molar refractivity (Wildman–Crippen MR) is 33.9 cm³/mol. The summed E-state index contributed by atoms with van der Waals surface area (Å²) in [6.45, 7) is 0. The Morgan fingerprint density at radius 3 is 2.55 bits per heavy atom. The summed E-state index contributed by atoms with van der Waals surface area (Å²) in [5, 5.41) is 1.32. The van der Waals surface area contributed by atoms with Crippen molar-refractivity contribution in [3.8, 4) is 0 Å². The van der Waals surface area contributed by atoms with Crippen LogP contribution in [0.25, 0.3) is 0 Å². The van der Waals surface area contributed by atoms with Crippen molar-refractivity contribution in [1.82, 2.24) is 4.98 Å². The molecule has 0 atom stereocenters. The lowest BCUT2D eigenvalue weighted by molar-refractivity contribution is -0.0999. The number of hydrogen-bond acceptors (Lipinski definition) is 2. The van der Waals surface area contributed by atoms with Gasteiger partial charge in [0.1, 0.15) is 0 Å². The van der Waals surface area contributed by atoms with Gasteiger partial charge in [-0.15, -0.1) is 0 Å². The number of rotatable bonds is 1. The van der Waals surface area contributed by atoms with Crippen molar-refractivity contribution in [2.24, 2.45) is 0 Å². The first kappa shape index (κ1) is 7.84. The van der Waals surface area contributed by atoms with Crippen molar-refractivity contribution in [3.63, 3.8) is 0 Å². The molecule has 0 aromatic carbocycles. The molecule has 5 heteroatoms. The van der Waals surface area contributed by atoms with Gasteiger partial charge in [0, 0.05) is 6.20 Å². The summed E-state index contributed by atoms with van der Waals surface area (Å²) in [4.78, 5) is 3.51. The highest BCUT2D eigenvalue weighted by Gasteiger charge is 2.26. The zero-order chi connectivity index (χ0) is 8.32. The van der Waals surface area contributed by atoms with Gasteiger partial charge in [-0.25, -0.2) is 0 Å². The van der Waals surface area contributed by atoms with Gasteiger partial charge in [0.15, 0.2) is 0 Å². The van der Waals surface area contributed by atoms with Crippen molar-refractivity contribution < 1.29 is 13.2 Å². The normalized spacial score (nSPS) is 11.2. The van der Waals surface area contributed by atoms with Gasteiger partial charge >= 0.3 is 6.30 Å². The van der Waals surface area contributed by atoms with Gasteiger partial charge in [-0.05, 0) is 12.1 Å². The van der Waals surface area contributed by atoms with E-state index in [0.717, 1.165) is 6.20 Å². The molecule has 1 aromatic rings. The second-order valence-corrected chi connectivity index (χ2v) is 1.86. The summed E-state index contributed by atoms with van der Waals surface area (Å²) in [5.41, 5.74) is -0.0556. The topological polar surface area (TPSA) is 24.9 Å². The SMILES string of the molecule is FC(F)(F)Nc1cccnc1. The highest BCUT2D eigenvalue weighted by molar-refractivity contribution is 5.40. The van der Waals surface area contributed by atoms with Crippen LogP contribution in [0.3, 0.4) is 0 Å². The molecule has 0 fully saturated rings. The summed E-state index contributed by atoms with van der Waals surface area (Å²) in [5.74, 6) is 0. The molecule has 60 valence electrons. The van der Waals surface area contributed by atoms with Crippen molar-refractivity contribution in [3.05, 3.63) is 24.5 Å². The molecule has 1 N–H and O–H groups in total. The number of nitrogens with zero attached hydrogens (tertiary/aromatic N) is 1. The van der Waals surface area contributed by atoms with Crippen LogP contribution in [0.15, 0.2) is 24.5 Å². The molecule has 0 aliphatic heterocycles. The van der Waals surface area contributed by atoms with Gasteiger partial charge in [-0.1, -0.05) is 0 Å². The Labute approximate surface area is 61.1 Å². The largest absolute Gasteiger partial charge is 0.482 e. The summed E-state index contributed by atoms with van der Waals surface area (Å²) >= 11 is 0. The summed E-state index contributed by atoms with van der Waals surface area (Å²) in [6.07, 6.45) is -1.88. The molecule has 1 rings (SSSR count). The number of nitrogens with one attached hydrogen (secondary N) is 1. The Morgan fingerprint density at radius 1 is 1.36 bits per heavy atom. The van der Waals surface area contributed by atoms with Crippen molar-refractivity contribution in [2.45, 2.75) is 6.30 Å². The fraction of sp³-hybridized carbons (Fsp3) is 0.167. The maximum atomic E-state index is 11.6. The molecule has 0 unspecified atom stereocenters. The van der Waals surface area contributed by atoms with Gasteiger partial charge < -0.3 is 0 Å². The fourth-order valence-corrected chi connectivity index (χ4v) is 0.600. The summed E-state index contributed by atoms with van der Waals surface area (Å²) in [7, 11) is 0. The molecule has 0 saturated carbocycles. The lowest BCUT2D eigenvalue weighted by Crippen LogP contribution is -2.20. The van der Waals surface area contributed by atoms with Gasteiger partial charge in [0.05, 0.1) is 11.9 Å². The highest BCUT2D eigenvalue weighted by atomic mass is 19.4. The van der Waals surface area contributed by atoms with Crippen molar-refractivity contribution in [1.29, 1.82) is 0 Å².